The Morgan fingerprint density at radius 3 is 2.65 bits per heavy atom. The van der Waals surface area contributed by atoms with E-state index in [0.717, 1.165) is 5.75 Å². The van der Waals surface area contributed by atoms with Gasteiger partial charge in [-0.1, -0.05) is 32.9 Å². The van der Waals surface area contributed by atoms with Crippen LogP contribution in [-0.2, 0) is 9.53 Å². The van der Waals surface area contributed by atoms with Gasteiger partial charge < -0.3 is 14.8 Å². The van der Waals surface area contributed by atoms with Crippen LogP contribution < -0.4 is 10.1 Å². The number of carbonyl (C=O) groups is 1. The normalized spacial score (nSPS) is 12.2. The van der Waals surface area contributed by atoms with Gasteiger partial charge in [0.15, 0.2) is 0 Å². The number of benzene rings is 1. The molecule has 0 heterocycles. The van der Waals surface area contributed by atoms with Crippen molar-refractivity contribution in [1.29, 1.82) is 0 Å². The second-order valence-corrected chi connectivity index (χ2v) is 4.90. The maximum Gasteiger partial charge on any atom is 0.326 e. The molecule has 1 N–H and O–H groups in total. The summed E-state index contributed by atoms with van der Waals surface area (Å²) >= 11 is 0. The molecule has 1 aromatic rings. The van der Waals surface area contributed by atoms with E-state index in [0.29, 0.717) is 19.1 Å². The Labute approximate surface area is 121 Å². The molecule has 0 spiro atoms. The third kappa shape index (κ3) is 5.21. The first-order valence-electron chi connectivity index (χ1n) is 7.21. The second kappa shape index (κ2) is 8.59. The zero-order valence-electron chi connectivity index (χ0n) is 12.8. The molecule has 0 saturated carbocycles. The molecule has 0 aliphatic carbocycles. The Balaban J connectivity index is 2.62. The Hall–Kier alpha value is -1.55. The lowest BCUT2D eigenvalue weighted by atomic mass is 10.0. The number of likely N-dealkylation sites (N-methyl/N-ethyl adjacent to an activating group) is 1. The van der Waals surface area contributed by atoms with Crippen molar-refractivity contribution < 1.29 is 14.3 Å². The van der Waals surface area contributed by atoms with E-state index in [4.69, 9.17) is 9.47 Å². The monoisotopic (exact) mass is 279 g/mol. The van der Waals surface area contributed by atoms with E-state index >= 15 is 0 Å². The first kappa shape index (κ1) is 16.5. The summed E-state index contributed by atoms with van der Waals surface area (Å²) in [6.07, 6.45) is 0. The molecular formula is C16H25NO3. The van der Waals surface area contributed by atoms with Crippen LogP contribution in [0.15, 0.2) is 24.3 Å². The fraction of sp³-hybridized carbons (Fsp3) is 0.562. The zero-order chi connectivity index (χ0) is 15.0. The average molecular weight is 279 g/mol. The SMILES string of the molecule is CCNC(COc1cccc(C(C)C)c1)C(=O)OCC. The third-order valence-electron chi connectivity index (χ3n) is 2.96. The van der Waals surface area contributed by atoms with Gasteiger partial charge in [0.1, 0.15) is 18.4 Å². The average Bonchev–Trinajstić information content (AvgIpc) is 2.44. The fourth-order valence-corrected chi connectivity index (χ4v) is 1.84. The lowest BCUT2D eigenvalue weighted by molar-refractivity contribution is -0.146. The zero-order valence-corrected chi connectivity index (χ0v) is 12.8. The number of ether oxygens (including phenoxy) is 2. The van der Waals surface area contributed by atoms with Gasteiger partial charge in [-0.15, -0.1) is 0 Å². The molecule has 4 nitrogen and oxygen atoms in total. The summed E-state index contributed by atoms with van der Waals surface area (Å²) < 4.78 is 10.7. The van der Waals surface area contributed by atoms with Gasteiger partial charge in [0.05, 0.1) is 6.61 Å². The summed E-state index contributed by atoms with van der Waals surface area (Å²) in [5.74, 6) is 0.964. The molecule has 0 aliphatic rings. The molecule has 0 aliphatic heterocycles. The Morgan fingerprint density at radius 2 is 2.05 bits per heavy atom. The number of hydrogen-bond donors (Lipinski definition) is 1. The lowest BCUT2D eigenvalue weighted by Crippen LogP contribution is -2.42. The molecule has 20 heavy (non-hydrogen) atoms. The number of nitrogens with one attached hydrogen (secondary N) is 1. The first-order chi connectivity index (χ1) is 9.58. The topological polar surface area (TPSA) is 47.6 Å². The number of rotatable bonds is 8. The van der Waals surface area contributed by atoms with Crippen LogP contribution in [0.3, 0.4) is 0 Å². The summed E-state index contributed by atoms with van der Waals surface area (Å²) in [4.78, 5) is 11.8. The summed E-state index contributed by atoms with van der Waals surface area (Å²) in [6.45, 7) is 9.37. The van der Waals surface area contributed by atoms with Crippen molar-refractivity contribution in [1.82, 2.24) is 5.32 Å². The molecule has 0 fully saturated rings. The number of carbonyl (C=O) groups excluding carboxylic acids is 1. The summed E-state index contributed by atoms with van der Waals surface area (Å²) in [6, 6.07) is 7.53. The van der Waals surface area contributed by atoms with E-state index in [9.17, 15) is 4.79 Å². The van der Waals surface area contributed by atoms with Gasteiger partial charge in [-0.2, -0.15) is 0 Å². The van der Waals surface area contributed by atoms with Gasteiger partial charge in [0, 0.05) is 0 Å². The predicted molar refractivity (Wildman–Crippen MR) is 80.1 cm³/mol. The molecule has 1 aromatic carbocycles. The van der Waals surface area contributed by atoms with Gasteiger partial charge in [0.2, 0.25) is 0 Å². The molecule has 0 radical (unpaired) electrons. The number of esters is 1. The summed E-state index contributed by atoms with van der Waals surface area (Å²) in [5.41, 5.74) is 1.22. The standard InChI is InChI=1S/C16H25NO3/c1-5-17-15(16(18)19-6-2)11-20-14-9-7-8-13(10-14)12(3)4/h7-10,12,15,17H,5-6,11H2,1-4H3. The van der Waals surface area contributed by atoms with E-state index in [1.165, 1.54) is 5.56 Å². The molecule has 1 rings (SSSR count). The van der Waals surface area contributed by atoms with Crippen molar-refractivity contribution in [3.05, 3.63) is 29.8 Å². The minimum Gasteiger partial charge on any atom is -0.491 e. The van der Waals surface area contributed by atoms with E-state index in [2.05, 4.69) is 25.2 Å². The van der Waals surface area contributed by atoms with E-state index in [-0.39, 0.29) is 12.6 Å². The van der Waals surface area contributed by atoms with Crippen molar-refractivity contribution in [2.45, 2.75) is 39.7 Å². The van der Waals surface area contributed by atoms with Crippen molar-refractivity contribution in [3.63, 3.8) is 0 Å². The van der Waals surface area contributed by atoms with Crippen LogP contribution >= 0.6 is 0 Å². The lowest BCUT2D eigenvalue weighted by Gasteiger charge is -2.17. The molecule has 0 aromatic heterocycles. The van der Waals surface area contributed by atoms with Crippen LogP contribution in [0.2, 0.25) is 0 Å². The fourth-order valence-electron chi connectivity index (χ4n) is 1.84. The highest BCUT2D eigenvalue weighted by atomic mass is 16.5. The van der Waals surface area contributed by atoms with Gasteiger partial charge in [0.25, 0.3) is 0 Å². The van der Waals surface area contributed by atoms with Crippen LogP contribution in [0.25, 0.3) is 0 Å². The second-order valence-electron chi connectivity index (χ2n) is 4.90. The van der Waals surface area contributed by atoms with Crippen LogP contribution in [0.1, 0.15) is 39.2 Å². The first-order valence-corrected chi connectivity index (χ1v) is 7.21. The Kier molecular flexibility index (Phi) is 7.09. The molecule has 112 valence electrons. The van der Waals surface area contributed by atoms with E-state index in [1.807, 2.05) is 25.1 Å². The van der Waals surface area contributed by atoms with Crippen LogP contribution in [0.5, 0.6) is 5.75 Å². The van der Waals surface area contributed by atoms with Crippen molar-refractivity contribution in [2.24, 2.45) is 0 Å². The predicted octanol–water partition coefficient (Wildman–Crippen LogP) is 2.73. The minimum atomic E-state index is -0.428. The molecule has 1 atom stereocenters. The molecule has 0 saturated heterocycles. The van der Waals surface area contributed by atoms with Gasteiger partial charge in [-0.05, 0) is 37.1 Å². The van der Waals surface area contributed by atoms with Crippen LogP contribution in [0, 0.1) is 0 Å². The van der Waals surface area contributed by atoms with Gasteiger partial charge in [-0.25, -0.2) is 0 Å². The highest BCUT2D eigenvalue weighted by Crippen LogP contribution is 2.20. The minimum absolute atomic E-state index is 0.269. The highest BCUT2D eigenvalue weighted by molar-refractivity contribution is 5.76. The van der Waals surface area contributed by atoms with Gasteiger partial charge in [-0.3, -0.25) is 4.79 Å². The van der Waals surface area contributed by atoms with Crippen molar-refractivity contribution in [3.8, 4) is 5.75 Å². The molecule has 0 amide bonds. The molecule has 4 heteroatoms. The van der Waals surface area contributed by atoms with E-state index in [1.54, 1.807) is 6.92 Å². The van der Waals surface area contributed by atoms with Crippen LogP contribution in [-0.4, -0.2) is 31.8 Å². The molecule has 1 unspecified atom stereocenters. The molecule has 0 bridgehead atoms. The van der Waals surface area contributed by atoms with Crippen molar-refractivity contribution in [2.75, 3.05) is 19.8 Å². The summed E-state index contributed by atoms with van der Waals surface area (Å²) in [5, 5.41) is 3.08. The molecular weight excluding hydrogens is 254 g/mol. The Morgan fingerprint density at radius 1 is 1.30 bits per heavy atom. The largest absolute Gasteiger partial charge is 0.491 e. The smallest absolute Gasteiger partial charge is 0.326 e. The van der Waals surface area contributed by atoms with E-state index < -0.39 is 6.04 Å². The van der Waals surface area contributed by atoms with Crippen molar-refractivity contribution >= 4 is 5.97 Å². The van der Waals surface area contributed by atoms with Gasteiger partial charge >= 0.3 is 5.97 Å². The Bertz CT molecular complexity index is 418. The third-order valence-corrected chi connectivity index (χ3v) is 2.96. The quantitative estimate of drug-likeness (QED) is 0.743. The number of hydrogen-bond acceptors (Lipinski definition) is 4. The maximum atomic E-state index is 11.8. The maximum absolute atomic E-state index is 11.8. The summed E-state index contributed by atoms with van der Waals surface area (Å²) in [7, 11) is 0. The highest BCUT2D eigenvalue weighted by Gasteiger charge is 2.19. The van der Waals surface area contributed by atoms with Crippen LogP contribution in [0.4, 0.5) is 0 Å².